The maximum absolute atomic E-state index is 8.88. The minimum Gasteiger partial charge on any atom is -0.411 e. The molecule has 2 bridgehead atoms. The van der Waals surface area contributed by atoms with Gasteiger partial charge >= 0.3 is 0 Å². The number of hydrogen-bond donors (Lipinski definition) is 2. The molecule has 14 heavy (non-hydrogen) atoms. The fourth-order valence-electron chi connectivity index (χ4n) is 2.93. The summed E-state index contributed by atoms with van der Waals surface area (Å²) < 4.78 is 0. The largest absolute Gasteiger partial charge is 0.411 e. The monoisotopic (exact) mass is 190 g/mol. The lowest BCUT2D eigenvalue weighted by molar-refractivity contribution is 0.312. The summed E-state index contributed by atoms with van der Waals surface area (Å²) in [6.07, 6.45) is 8.01. The van der Waals surface area contributed by atoms with Crippen molar-refractivity contribution >= 4 is 11.4 Å². The van der Waals surface area contributed by atoms with E-state index in [9.17, 15) is 0 Å². The Bertz CT molecular complexity index is 395. The van der Waals surface area contributed by atoms with Gasteiger partial charge in [0.25, 0.3) is 0 Å². The van der Waals surface area contributed by atoms with Crippen molar-refractivity contribution in [3.05, 3.63) is 24.3 Å². The zero-order valence-electron chi connectivity index (χ0n) is 7.41. The van der Waals surface area contributed by atoms with Gasteiger partial charge < -0.3 is 10.4 Å². The van der Waals surface area contributed by atoms with Crippen LogP contribution >= 0.6 is 0 Å². The molecule has 0 amide bonds. The summed E-state index contributed by atoms with van der Waals surface area (Å²) in [6, 6.07) is 0. The van der Waals surface area contributed by atoms with Crippen molar-refractivity contribution in [2.45, 2.75) is 0 Å². The Hall–Kier alpha value is -1.58. The van der Waals surface area contributed by atoms with Gasteiger partial charge in [0.1, 0.15) is 0 Å². The molecule has 4 heteroatoms. The van der Waals surface area contributed by atoms with Crippen LogP contribution in [0.3, 0.4) is 0 Å². The highest BCUT2D eigenvalue weighted by molar-refractivity contribution is 6.09. The van der Waals surface area contributed by atoms with E-state index in [0.717, 1.165) is 5.71 Å². The van der Waals surface area contributed by atoms with E-state index in [4.69, 9.17) is 10.4 Å². The van der Waals surface area contributed by atoms with Gasteiger partial charge in [-0.1, -0.05) is 28.5 Å². The summed E-state index contributed by atoms with van der Waals surface area (Å²) >= 11 is 0. The highest BCUT2D eigenvalue weighted by atomic mass is 16.4. The molecule has 4 atom stereocenters. The Labute approximate surface area is 80.9 Å². The molecule has 0 radical (unpaired) electrons. The molecule has 0 heterocycles. The summed E-state index contributed by atoms with van der Waals surface area (Å²) in [4.78, 5) is 0. The third kappa shape index (κ3) is 0.697. The summed E-state index contributed by atoms with van der Waals surface area (Å²) in [6.45, 7) is 0. The van der Waals surface area contributed by atoms with Gasteiger partial charge in [0, 0.05) is 17.8 Å². The van der Waals surface area contributed by atoms with Crippen molar-refractivity contribution in [1.82, 2.24) is 0 Å². The van der Waals surface area contributed by atoms with Crippen molar-refractivity contribution in [3.8, 4) is 0 Å². The average molecular weight is 190 g/mol. The van der Waals surface area contributed by atoms with E-state index in [2.05, 4.69) is 16.4 Å². The Kier molecular flexibility index (Phi) is 1.37. The third-order valence-electron chi connectivity index (χ3n) is 3.49. The van der Waals surface area contributed by atoms with Crippen LogP contribution < -0.4 is 0 Å². The quantitative estimate of drug-likeness (QED) is 0.343. The molecular weight excluding hydrogens is 180 g/mol. The van der Waals surface area contributed by atoms with Crippen LogP contribution in [-0.4, -0.2) is 21.8 Å². The molecule has 0 saturated heterocycles. The lowest BCUT2D eigenvalue weighted by Gasteiger charge is -2.17. The van der Waals surface area contributed by atoms with Gasteiger partial charge in [-0.2, -0.15) is 0 Å². The Balaban J connectivity index is 2.08. The smallest absolute Gasteiger partial charge is 0.0839 e. The van der Waals surface area contributed by atoms with Crippen LogP contribution in [0, 0.1) is 23.7 Å². The normalized spacial score (nSPS) is 48.3. The van der Waals surface area contributed by atoms with Crippen molar-refractivity contribution in [3.63, 3.8) is 0 Å². The van der Waals surface area contributed by atoms with Crippen LogP contribution in [0.25, 0.3) is 0 Å². The van der Waals surface area contributed by atoms with Crippen LogP contribution in [0.2, 0.25) is 0 Å². The molecule has 2 N–H and O–H groups in total. The predicted octanol–water partition coefficient (Wildman–Crippen LogP) is 1.26. The number of rotatable bonds is 0. The van der Waals surface area contributed by atoms with Crippen LogP contribution in [0.1, 0.15) is 0 Å². The van der Waals surface area contributed by atoms with Crippen molar-refractivity contribution in [2.75, 3.05) is 0 Å². The first-order valence-corrected chi connectivity index (χ1v) is 4.67. The first-order chi connectivity index (χ1) is 6.86. The molecule has 0 spiro atoms. The first-order valence-electron chi connectivity index (χ1n) is 4.67. The van der Waals surface area contributed by atoms with E-state index >= 15 is 0 Å². The standard InChI is InChI=1S/C10H10N2O2/c13-11-8-4-3-5-6-1-2-7(9(5)8)10(6)12-14/h1-7,9,13-14H/b11-8+,12-10-/t5-,6-,7-,9-/m1/s1. The number of allylic oxidation sites excluding steroid dienone is 4. The fraction of sp³-hybridized carbons (Fsp3) is 0.400. The van der Waals surface area contributed by atoms with Crippen LogP contribution in [0.4, 0.5) is 0 Å². The second-order valence-electron chi connectivity index (χ2n) is 3.95. The number of hydrogen-bond acceptors (Lipinski definition) is 4. The first kappa shape index (κ1) is 7.79. The van der Waals surface area contributed by atoms with Crippen LogP contribution in [-0.2, 0) is 0 Å². The second-order valence-corrected chi connectivity index (χ2v) is 3.95. The fourth-order valence-corrected chi connectivity index (χ4v) is 2.93. The molecule has 3 aliphatic rings. The van der Waals surface area contributed by atoms with Crippen molar-refractivity contribution in [1.29, 1.82) is 0 Å². The molecule has 0 aromatic rings. The average Bonchev–Trinajstić information content (AvgIpc) is 2.87. The van der Waals surface area contributed by atoms with Gasteiger partial charge in [0.2, 0.25) is 0 Å². The topological polar surface area (TPSA) is 65.2 Å². The predicted molar refractivity (Wildman–Crippen MR) is 50.7 cm³/mol. The van der Waals surface area contributed by atoms with Crippen LogP contribution in [0.15, 0.2) is 34.6 Å². The van der Waals surface area contributed by atoms with E-state index in [1.165, 1.54) is 0 Å². The lowest BCUT2D eigenvalue weighted by Crippen LogP contribution is -2.20. The summed E-state index contributed by atoms with van der Waals surface area (Å²) in [7, 11) is 0. The zero-order chi connectivity index (χ0) is 9.71. The Morgan fingerprint density at radius 3 is 2.50 bits per heavy atom. The molecule has 0 aliphatic heterocycles. The number of fused-ring (bicyclic) bond motifs is 5. The molecule has 0 aromatic carbocycles. The molecule has 1 fully saturated rings. The summed E-state index contributed by atoms with van der Waals surface area (Å²) in [5, 5.41) is 24.3. The van der Waals surface area contributed by atoms with Gasteiger partial charge in [-0.05, 0) is 12.0 Å². The van der Waals surface area contributed by atoms with Gasteiger partial charge in [-0.3, -0.25) is 0 Å². The number of oxime groups is 2. The highest BCUT2D eigenvalue weighted by Crippen LogP contribution is 2.49. The minimum absolute atomic E-state index is 0.121. The third-order valence-corrected chi connectivity index (χ3v) is 3.49. The molecule has 0 aromatic heterocycles. The van der Waals surface area contributed by atoms with E-state index in [1.807, 2.05) is 18.2 Å². The lowest BCUT2D eigenvalue weighted by atomic mass is 9.85. The maximum atomic E-state index is 8.88. The van der Waals surface area contributed by atoms with Gasteiger partial charge in [0.05, 0.1) is 11.4 Å². The maximum Gasteiger partial charge on any atom is 0.0839 e. The van der Waals surface area contributed by atoms with Crippen molar-refractivity contribution in [2.24, 2.45) is 34.0 Å². The summed E-state index contributed by atoms with van der Waals surface area (Å²) in [5.41, 5.74) is 1.51. The van der Waals surface area contributed by atoms with E-state index in [0.29, 0.717) is 11.6 Å². The number of nitrogens with zero attached hydrogens (tertiary/aromatic N) is 2. The summed E-state index contributed by atoms with van der Waals surface area (Å²) in [5.74, 6) is 0.823. The molecule has 4 nitrogen and oxygen atoms in total. The highest BCUT2D eigenvalue weighted by Gasteiger charge is 2.52. The van der Waals surface area contributed by atoms with Crippen LogP contribution in [0.5, 0.6) is 0 Å². The molecular formula is C10H10N2O2. The zero-order valence-corrected chi connectivity index (χ0v) is 7.41. The molecule has 3 rings (SSSR count). The molecule has 1 saturated carbocycles. The van der Waals surface area contributed by atoms with Gasteiger partial charge in [0.15, 0.2) is 0 Å². The molecule has 72 valence electrons. The second kappa shape index (κ2) is 2.47. The Morgan fingerprint density at radius 2 is 1.79 bits per heavy atom. The van der Waals surface area contributed by atoms with E-state index < -0.39 is 0 Å². The van der Waals surface area contributed by atoms with Crippen molar-refractivity contribution < 1.29 is 10.4 Å². The molecule has 3 aliphatic carbocycles. The Morgan fingerprint density at radius 1 is 1.00 bits per heavy atom. The molecule has 0 unspecified atom stereocenters. The van der Waals surface area contributed by atoms with Gasteiger partial charge in [-0.25, -0.2) is 0 Å². The van der Waals surface area contributed by atoms with Gasteiger partial charge in [-0.15, -0.1) is 0 Å². The SMILES string of the molecule is O/N=C1/[C@@H]2C=C[C@@H]1[C@@H]1/C(=N/O)C=C[C@@H]12. The van der Waals surface area contributed by atoms with E-state index in [1.54, 1.807) is 0 Å². The minimum atomic E-state index is 0.121. The van der Waals surface area contributed by atoms with E-state index in [-0.39, 0.29) is 17.8 Å².